The average molecular weight is 417 g/mol. The predicted octanol–water partition coefficient (Wildman–Crippen LogP) is 4.54. The number of hydrogen-bond acceptors (Lipinski definition) is 6. The molecule has 0 aliphatic heterocycles. The molecule has 0 bridgehead atoms. The third-order valence-corrected chi connectivity index (χ3v) is 6.20. The van der Waals surface area contributed by atoms with Gasteiger partial charge in [0.1, 0.15) is 16.1 Å². The maximum atomic E-state index is 12.9. The smallest absolute Gasteiger partial charge is 0.341 e. The van der Waals surface area contributed by atoms with Crippen LogP contribution in [-0.4, -0.2) is 19.0 Å². The van der Waals surface area contributed by atoms with Gasteiger partial charge in [-0.3, -0.25) is 10.2 Å². The third-order valence-electron chi connectivity index (χ3n) is 4.76. The highest BCUT2D eigenvalue weighted by Gasteiger charge is 2.27. The van der Waals surface area contributed by atoms with Gasteiger partial charge in [-0.05, 0) is 55.5 Å². The van der Waals surface area contributed by atoms with Crippen LogP contribution >= 0.6 is 22.9 Å². The number of halogens is 1. The van der Waals surface area contributed by atoms with Crippen LogP contribution in [0.2, 0.25) is 5.02 Å². The summed E-state index contributed by atoms with van der Waals surface area (Å²) in [4.78, 5) is 26.3. The molecule has 3 aromatic rings. The Balaban J connectivity index is 1.74. The summed E-state index contributed by atoms with van der Waals surface area (Å²) in [6, 6.07) is 6.54. The number of thiophene rings is 1. The van der Waals surface area contributed by atoms with E-state index in [9.17, 15) is 9.59 Å². The van der Waals surface area contributed by atoms with E-state index in [4.69, 9.17) is 26.2 Å². The first-order valence-corrected chi connectivity index (χ1v) is 9.99. The monoisotopic (exact) mass is 416 g/mol. The highest BCUT2D eigenvalue weighted by atomic mass is 35.5. The fourth-order valence-corrected chi connectivity index (χ4v) is 4.88. The van der Waals surface area contributed by atoms with Gasteiger partial charge in [0.25, 0.3) is 5.91 Å². The molecule has 2 N–H and O–H groups in total. The largest absolute Gasteiger partial charge is 0.465 e. The maximum absolute atomic E-state index is 12.9. The van der Waals surface area contributed by atoms with Gasteiger partial charge in [0.2, 0.25) is 5.55 Å². The maximum Gasteiger partial charge on any atom is 0.341 e. The third kappa shape index (κ3) is 3.31. The van der Waals surface area contributed by atoms with E-state index in [1.54, 1.807) is 24.3 Å². The van der Waals surface area contributed by atoms with Crippen molar-refractivity contribution in [2.45, 2.75) is 25.7 Å². The second-order valence-electron chi connectivity index (χ2n) is 6.53. The molecule has 144 valence electrons. The van der Waals surface area contributed by atoms with Gasteiger partial charge in [0.05, 0.1) is 12.7 Å². The molecule has 1 amide bonds. The first kappa shape index (κ1) is 18.7. The summed E-state index contributed by atoms with van der Waals surface area (Å²) in [6.07, 6.45) is 3.73. The minimum atomic E-state index is -0.514. The Bertz CT molecular complexity index is 1160. The lowest BCUT2D eigenvalue weighted by Crippen LogP contribution is -2.21. The molecule has 0 atom stereocenters. The average Bonchev–Trinajstić information content (AvgIpc) is 3.04. The topological polar surface area (TPSA) is 92.4 Å². The van der Waals surface area contributed by atoms with Gasteiger partial charge < -0.3 is 14.5 Å². The minimum absolute atomic E-state index is 0.0666. The normalized spacial score (nSPS) is 13.2. The van der Waals surface area contributed by atoms with E-state index in [0.29, 0.717) is 26.6 Å². The van der Waals surface area contributed by atoms with E-state index in [0.717, 1.165) is 36.1 Å². The molecule has 2 aromatic heterocycles. The number of rotatable bonds is 3. The number of hydrogen-bond donors (Lipinski definition) is 2. The minimum Gasteiger partial charge on any atom is -0.465 e. The van der Waals surface area contributed by atoms with Gasteiger partial charge in [-0.1, -0.05) is 11.6 Å². The van der Waals surface area contributed by atoms with E-state index >= 15 is 0 Å². The van der Waals surface area contributed by atoms with Gasteiger partial charge in [0.15, 0.2) is 0 Å². The summed E-state index contributed by atoms with van der Waals surface area (Å²) >= 11 is 7.41. The Labute approximate surface area is 169 Å². The van der Waals surface area contributed by atoms with Crippen molar-refractivity contribution in [1.29, 1.82) is 5.41 Å². The van der Waals surface area contributed by atoms with Crippen molar-refractivity contribution in [3.63, 3.8) is 0 Å². The summed E-state index contributed by atoms with van der Waals surface area (Å²) in [5.74, 6) is -0.977. The fourth-order valence-electron chi connectivity index (χ4n) is 3.42. The molecule has 6 nitrogen and oxygen atoms in total. The van der Waals surface area contributed by atoms with E-state index in [2.05, 4.69) is 5.32 Å². The number of ether oxygens (including phenoxy) is 1. The Morgan fingerprint density at radius 1 is 1.25 bits per heavy atom. The molecule has 0 saturated heterocycles. The second kappa shape index (κ2) is 7.41. The molecule has 8 heteroatoms. The molecule has 28 heavy (non-hydrogen) atoms. The van der Waals surface area contributed by atoms with E-state index < -0.39 is 11.9 Å². The van der Waals surface area contributed by atoms with Crippen molar-refractivity contribution in [1.82, 2.24) is 0 Å². The van der Waals surface area contributed by atoms with Gasteiger partial charge in [-0.2, -0.15) is 0 Å². The number of nitrogens with one attached hydrogen (secondary N) is 2. The summed E-state index contributed by atoms with van der Waals surface area (Å²) in [6.45, 7) is 0. The predicted molar refractivity (Wildman–Crippen MR) is 107 cm³/mol. The van der Waals surface area contributed by atoms with Crippen molar-refractivity contribution < 1.29 is 18.7 Å². The summed E-state index contributed by atoms with van der Waals surface area (Å²) in [7, 11) is 1.33. The second-order valence-corrected chi connectivity index (χ2v) is 8.07. The van der Waals surface area contributed by atoms with E-state index in [-0.39, 0.29) is 11.1 Å². The zero-order valence-corrected chi connectivity index (χ0v) is 16.6. The zero-order valence-electron chi connectivity index (χ0n) is 15.1. The van der Waals surface area contributed by atoms with Gasteiger partial charge in [-0.15, -0.1) is 11.3 Å². The Morgan fingerprint density at radius 3 is 2.82 bits per heavy atom. The van der Waals surface area contributed by atoms with Gasteiger partial charge in [-0.25, -0.2) is 4.79 Å². The van der Waals surface area contributed by atoms with Crippen molar-refractivity contribution >= 4 is 50.8 Å². The van der Waals surface area contributed by atoms with Crippen LogP contribution in [0.4, 0.5) is 5.00 Å². The Hall–Kier alpha value is -2.64. The van der Waals surface area contributed by atoms with Crippen LogP contribution < -0.4 is 10.9 Å². The zero-order chi connectivity index (χ0) is 19.8. The number of benzene rings is 1. The molecule has 1 aromatic carbocycles. The fraction of sp³-hybridized carbons (Fsp3) is 0.250. The molecule has 0 fully saturated rings. The number of esters is 1. The van der Waals surface area contributed by atoms with Crippen molar-refractivity contribution in [3.8, 4) is 0 Å². The van der Waals surface area contributed by atoms with Crippen LogP contribution in [0.1, 0.15) is 44.0 Å². The summed E-state index contributed by atoms with van der Waals surface area (Å²) in [5, 5.41) is 12.4. The van der Waals surface area contributed by atoms with Crippen molar-refractivity contribution in [2.75, 3.05) is 12.4 Å². The number of carbonyl (C=O) groups is 2. The lowest BCUT2D eigenvalue weighted by Gasteiger charge is -2.11. The Morgan fingerprint density at radius 2 is 2.04 bits per heavy atom. The number of carbonyl (C=O) groups excluding carboxylic acids is 2. The quantitative estimate of drug-likeness (QED) is 0.613. The molecule has 4 rings (SSSR count). The summed E-state index contributed by atoms with van der Waals surface area (Å²) < 4.78 is 10.4. The lowest BCUT2D eigenvalue weighted by molar-refractivity contribution is 0.0601. The molecule has 0 unspecified atom stereocenters. The molecular weight excluding hydrogens is 400 g/mol. The molecule has 1 aliphatic rings. The van der Waals surface area contributed by atoms with Crippen LogP contribution in [0, 0.1) is 5.41 Å². The van der Waals surface area contributed by atoms with Crippen LogP contribution in [0.3, 0.4) is 0 Å². The van der Waals surface area contributed by atoms with Gasteiger partial charge in [0, 0.05) is 15.3 Å². The molecular formula is C20H17ClN2O4S. The molecule has 1 aliphatic carbocycles. The number of aryl methyl sites for hydroxylation is 1. The molecule has 2 heterocycles. The molecule has 0 spiro atoms. The SMILES string of the molecule is COC(=O)c1c(NC(=O)c2cc3cc(Cl)ccc3oc2=N)sc2c1CCCC2. The van der Waals surface area contributed by atoms with Crippen LogP contribution in [0.25, 0.3) is 11.0 Å². The highest BCUT2D eigenvalue weighted by Crippen LogP contribution is 2.38. The first-order chi connectivity index (χ1) is 13.5. The van der Waals surface area contributed by atoms with Crippen LogP contribution in [0.5, 0.6) is 0 Å². The van der Waals surface area contributed by atoms with Gasteiger partial charge >= 0.3 is 5.97 Å². The standard InChI is InChI=1S/C20H17ClN2O4S/c1-26-20(25)16-12-4-2-3-5-15(12)28-19(16)23-18(24)13-9-10-8-11(21)6-7-14(10)27-17(13)22/h6-9,22H,2-5H2,1H3,(H,23,24). The number of methoxy groups -OCH3 is 1. The van der Waals surface area contributed by atoms with Crippen molar-refractivity contribution in [2.24, 2.45) is 0 Å². The lowest BCUT2D eigenvalue weighted by atomic mass is 9.95. The van der Waals surface area contributed by atoms with Crippen LogP contribution in [-0.2, 0) is 17.6 Å². The first-order valence-electron chi connectivity index (χ1n) is 8.80. The number of anilines is 1. The molecule has 0 saturated carbocycles. The number of fused-ring (bicyclic) bond motifs is 2. The molecule has 0 radical (unpaired) electrons. The van der Waals surface area contributed by atoms with Crippen LogP contribution in [0.15, 0.2) is 28.7 Å². The summed E-state index contributed by atoms with van der Waals surface area (Å²) in [5.41, 5.74) is 1.65. The van der Waals surface area contributed by atoms with Crippen molar-refractivity contribution in [3.05, 3.63) is 56.4 Å². The van der Waals surface area contributed by atoms with E-state index in [1.165, 1.54) is 18.4 Å². The Kier molecular flexibility index (Phi) is 4.95. The highest BCUT2D eigenvalue weighted by molar-refractivity contribution is 7.17. The van der Waals surface area contributed by atoms with E-state index in [1.807, 2.05) is 0 Å². The number of amides is 1.